The molecule has 2 aliphatic carbocycles. The molecule has 0 radical (unpaired) electrons. The van der Waals surface area contributed by atoms with Gasteiger partial charge in [0.15, 0.2) is 23.6 Å². The van der Waals surface area contributed by atoms with Gasteiger partial charge in [-0.3, -0.25) is 14.4 Å². The number of fused-ring (bicyclic) bond motifs is 3. The Labute approximate surface area is 218 Å². The van der Waals surface area contributed by atoms with Crippen LogP contribution < -0.4 is 5.73 Å². The van der Waals surface area contributed by atoms with Crippen molar-refractivity contribution >= 4 is 29.8 Å². The molecule has 6 atom stereocenters. The third-order valence-electron chi connectivity index (χ3n) is 7.50. The molecule has 0 spiro atoms. The molecule has 5 rings (SSSR count). The van der Waals surface area contributed by atoms with Crippen LogP contribution in [0, 0.1) is 0 Å². The summed E-state index contributed by atoms with van der Waals surface area (Å²) in [6.45, 7) is 2.80. The van der Waals surface area contributed by atoms with Gasteiger partial charge in [-0.1, -0.05) is 24.3 Å². The standard InChI is InChI=1S/C26H27NO9.ClH/c1-10-21(29)15(27)7-17(35-10)36-16-9-26(34,11(2)28)8-14-18(16)25(33)20-19(24(14)32)22(30)12-5-3-4-6-13(12)23(20)31;/h3-6,10,15-17,21,29,32-34H,7-9,27H2,1-2H3;1H/t10-,15+,16-,17-,21+,26-;/m0./s1. The Kier molecular flexibility index (Phi) is 6.95. The lowest BCUT2D eigenvalue weighted by molar-refractivity contribution is -0.247. The SMILES string of the molecule is CC(=O)[C@]1(O)Cc2c(O)c3c(c(O)c2[C@@H](O[C@H]2C[C@@H](N)[C@H](O)[C@H](C)O2)C1)C(=O)c1ccccc1C3=O.Cl. The number of ether oxygens (including phenoxy) is 2. The van der Waals surface area contributed by atoms with E-state index in [1.54, 1.807) is 19.1 Å². The van der Waals surface area contributed by atoms with Crippen molar-refractivity contribution in [3.63, 3.8) is 0 Å². The average molecular weight is 534 g/mol. The van der Waals surface area contributed by atoms with Crippen LogP contribution in [0.1, 0.15) is 75.8 Å². The Bertz CT molecular complexity index is 1300. The maximum absolute atomic E-state index is 13.3. The number of hydrogen-bond donors (Lipinski definition) is 5. The minimum absolute atomic E-state index is 0. The normalized spacial score (nSPS) is 30.6. The highest BCUT2D eigenvalue weighted by Gasteiger charge is 2.49. The number of aromatic hydroxyl groups is 2. The van der Waals surface area contributed by atoms with Gasteiger partial charge in [-0.25, -0.2) is 0 Å². The number of phenols is 2. The summed E-state index contributed by atoms with van der Waals surface area (Å²) in [5.74, 6) is -3.06. The molecule has 0 saturated carbocycles. The van der Waals surface area contributed by atoms with Gasteiger partial charge in [0.25, 0.3) is 0 Å². The molecular formula is C26H28ClNO9. The maximum Gasteiger partial charge on any atom is 0.198 e. The number of aliphatic hydroxyl groups is 2. The van der Waals surface area contributed by atoms with E-state index in [9.17, 15) is 34.8 Å². The van der Waals surface area contributed by atoms with E-state index >= 15 is 0 Å². The number of Topliss-reactive ketones (excluding diaryl/α,β-unsaturated/α-hetero) is 1. The number of rotatable bonds is 3. The topological polar surface area (TPSA) is 177 Å². The van der Waals surface area contributed by atoms with Crippen LogP contribution in [0.15, 0.2) is 24.3 Å². The van der Waals surface area contributed by atoms with Gasteiger partial charge in [0.05, 0.1) is 29.4 Å². The van der Waals surface area contributed by atoms with Crippen LogP contribution >= 0.6 is 12.4 Å². The van der Waals surface area contributed by atoms with Crippen molar-refractivity contribution in [3.05, 3.63) is 57.6 Å². The molecule has 3 aliphatic rings. The molecule has 37 heavy (non-hydrogen) atoms. The van der Waals surface area contributed by atoms with E-state index in [2.05, 4.69) is 0 Å². The zero-order valence-electron chi connectivity index (χ0n) is 20.1. The fourth-order valence-corrected chi connectivity index (χ4v) is 5.42. The number of carbonyl (C=O) groups excluding carboxylic acids is 3. The number of phenolic OH excluding ortho intramolecular Hbond substituents is 2. The third-order valence-corrected chi connectivity index (χ3v) is 7.50. The van der Waals surface area contributed by atoms with E-state index in [0.29, 0.717) is 0 Å². The molecular weight excluding hydrogens is 506 g/mol. The lowest BCUT2D eigenvalue weighted by atomic mass is 9.72. The highest BCUT2D eigenvalue weighted by atomic mass is 35.5. The number of ketones is 3. The smallest absolute Gasteiger partial charge is 0.198 e. The summed E-state index contributed by atoms with van der Waals surface area (Å²) in [6.07, 6.45) is -4.38. The summed E-state index contributed by atoms with van der Waals surface area (Å²) in [7, 11) is 0. The first-order valence-electron chi connectivity index (χ1n) is 11.7. The number of hydrogen-bond acceptors (Lipinski definition) is 10. The summed E-state index contributed by atoms with van der Waals surface area (Å²) >= 11 is 0. The van der Waals surface area contributed by atoms with Gasteiger partial charge in [0.2, 0.25) is 0 Å². The first kappa shape index (κ1) is 27.2. The van der Waals surface area contributed by atoms with E-state index in [0.717, 1.165) is 0 Å². The van der Waals surface area contributed by atoms with Gasteiger partial charge in [-0.15, -0.1) is 12.4 Å². The summed E-state index contributed by atoms with van der Waals surface area (Å²) in [5, 5.41) is 43.8. The zero-order valence-corrected chi connectivity index (χ0v) is 20.9. The van der Waals surface area contributed by atoms with Gasteiger partial charge < -0.3 is 35.6 Å². The van der Waals surface area contributed by atoms with Gasteiger partial charge in [0.1, 0.15) is 17.1 Å². The highest BCUT2D eigenvalue weighted by Crippen LogP contribution is 2.51. The fraction of sp³-hybridized carbons (Fsp3) is 0.423. The van der Waals surface area contributed by atoms with Crippen molar-refractivity contribution in [2.24, 2.45) is 5.73 Å². The number of halogens is 1. The predicted molar refractivity (Wildman–Crippen MR) is 131 cm³/mol. The summed E-state index contributed by atoms with van der Waals surface area (Å²) in [6, 6.07) is 5.40. The largest absolute Gasteiger partial charge is 0.507 e. The van der Waals surface area contributed by atoms with Crippen LogP contribution in [0.25, 0.3) is 0 Å². The van der Waals surface area contributed by atoms with Crippen molar-refractivity contribution in [1.82, 2.24) is 0 Å². The van der Waals surface area contributed by atoms with Crippen molar-refractivity contribution in [3.8, 4) is 11.5 Å². The molecule has 1 aliphatic heterocycles. The van der Waals surface area contributed by atoms with Crippen molar-refractivity contribution < 1.29 is 44.3 Å². The van der Waals surface area contributed by atoms with E-state index in [4.69, 9.17) is 15.2 Å². The van der Waals surface area contributed by atoms with Crippen LogP contribution in [-0.2, 0) is 20.7 Å². The third kappa shape index (κ3) is 4.14. The molecule has 6 N–H and O–H groups in total. The molecule has 2 aromatic carbocycles. The molecule has 198 valence electrons. The van der Waals surface area contributed by atoms with Gasteiger partial charge in [-0.2, -0.15) is 0 Å². The lowest BCUT2D eigenvalue weighted by Gasteiger charge is -2.42. The van der Waals surface area contributed by atoms with Gasteiger partial charge in [-0.05, 0) is 13.8 Å². The van der Waals surface area contributed by atoms with E-state index in [1.165, 1.54) is 19.1 Å². The summed E-state index contributed by atoms with van der Waals surface area (Å²) in [5.41, 5.74) is 3.38. The van der Waals surface area contributed by atoms with Gasteiger partial charge in [0, 0.05) is 47.6 Å². The van der Waals surface area contributed by atoms with E-state index in [-0.39, 0.29) is 58.6 Å². The quantitative estimate of drug-likeness (QED) is 0.309. The molecule has 2 aromatic rings. The lowest BCUT2D eigenvalue weighted by Crippen LogP contribution is -2.52. The molecule has 10 nitrogen and oxygen atoms in total. The molecule has 0 bridgehead atoms. The fourth-order valence-electron chi connectivity index (χ4n) is 5.42. The second-order valence-electron chi connectivity index (χ2n) is 9.80. The average Bonchev–Trinajstić information content (AvgIpc) is 2.82. The second kappa shape index (κ2) is 9.46. The zero-order chi connectivity index (χ0) is 26.1. The van der Waals surface area contributed by atoms with Crippen molar-refractivity contribution in [2.45, 2.75) is 69.4 Å². The molecule has 0 unspecified atom stereocenters. The van der Waals surface area contributed by atoms with Crippen LogP contribution in [0.4, 0.5) is 0 Å². The van der Waals surface area contributed by atoms with Crippen LogP contribution in [0.5, 0.6) is 11.5 Å². The van der Waals surface area contributed by atoms with E-state index < -0.39 is 71.5 Å². The Balaban J connectivity index is 0.00000320. The number of nitrogens with two attached hydrogens (primary N) is 1. The Hall–Kier alpha value is -2.86. The van der Waals surface area contributed by atoms with Gasteiger partial charge >= 0.3 is 0 Å². The maximum atomic E-state index is 13.3. The van der Waals surface area contributed by atoms with Crippen LogP contribution in [0.2, 0.25) is 0 Å². The molecule has 1 fully saturated rings. The summed E-state index contributed by atoms with van der Waals surface area (Å²) < 4.78 is 11.8. The molecule has 1 saturated heterocycles. The number of carbonyl (C=O) groups is 3. The second-order valence-corrected chi connectivity index (χ2v) is 9.80. The van der Waals surface area contributed by atoms with Crippen molar-refractivity contribution in [1.29, 1.82) is 0 Å². The molecule has 0 amide bonds. The monoisotopic (exact) mass is 533 g/mol. The summed E-state index contributed by atoms with van der Waals surface area (Å²) in [4.78, 5) is 39.0. The minimum Gasteiger partial charge on any atom is -0.507 e. The molecule has 0 aromatic heterocycles. The number of benzene rings is 2. The molecule has 11 heteroatoms. The van der Waals surface area contributed by atoms with Crippen LogP contribution in [-0.4, -0.2) is 67.9 Å². The first-order chi connectivity index (χ1) is 16.9. The highest BCUT2D eigenvalue weighted by molar-refractivity contribution is 6.30. The van der Waals surface area contributed by atoms with Crippen LogP contribution in [0.3, 0.4) is 0 Å². The number of aliphatic hydroxyl groups excluding tert-OH is 1. The molecule has 1 heterocycles. The Morgan fingerprint density at radius 1 is 1.11 bits per heavy atom. The Morgan fingerprint density at radius 2 is 1.68 bits per heavy atom. The van der Waals surface area contributed by atoms with E-state index in [1.807, 2.05) is 0 Å². The predicted octanol–water partition coefficient (Wildman–Crippen LogP) is 1.44. The first-order valence-corrected chi connectivity index (χ1v) is 11.7. The minimum atomic E-state index is -1.97. The van der Waals surface area contributed by atoms with Crippen molar-refractivity contribution in [2.75, 3.05) is 0 Å². The Morgan fingerprint density at radius 3 is 2.22 bits per heavy atom.